The molecule has 0 aliphatic carbocycles. The van der Waals surface area contributed by atoms with Gasteiger partial charge in [0.1, 0.15) is 0 Å². The molecule has 0 saturated heterocycles. The molecule has 1 aromatic rings. The highest BCUT2D eigenvalue weighted by atomic mass is 35.5. The molecule has 0 spiro atoms. The normalized spacial score (nSPS) is 10.9. The number of aryl methyl sites for hydroxylation is 1. The van der Waals surface area contributed by atoms with E-state index >= 15 is 0 Å². The third kappa shape index (κ3) is 4.81. The molecule has 124 valence electrons. The third-order valence-corrected chi connectivity index (χ3v) is 3.68. The zero-order valence-corrected chi connectivity index (χ0v) is 13.5. The monoisotopic (exact) mass is 334 g/mol. The molecule has 4 nitrogen and oxygen atoms in total. The average Bonchev–Trinajstić information content (AvgIpc) is 2.47. The number of benzene rings is 1. The fraction of sp³-hybridized carbons (Fsp3) is 0.533. The summed E-state index contributed by atoms with van der Waals surface area (Å²) in [6, 6.07) is 2.90. The molecule has 0 aliphatic heterocycles. The van der Waals surface area contributed by atoms with Gasteiger partial charge in [0, 0.05) is 11.6 Å². The lowest BCUT2D eigenvalue weighted by Crippen LogP contribution is -2.40. The molecule has 0 heterocycles. The molecule has 0 aromatic heterocycles. The van der Waals surface area contributed by atoms with Gasteiger partial charge in [-0.25, -0.2) is 13.6 Å². The summed E-state index contributed by atoms with van der Waals surface area (Å²) in [6.07, 6.45) is -1.38. The minimum atomic E-state index is -2.66. The van der Waals surface area contributed by atoms with E-state index < -0.39 is 19.0 Å². The molecule has 7 heteroatoms. The first kappa shape index (κ1) is 18.6. The van der Waals surface area contributed by atoms with E-state index in [1.807, 2.05) is 13.8 Å². The molecule has 2 amide bonds. The number of halogens is 3. The van der Waals surface area contributed by atoms with Crippen molar-refractivity contribution in [3.63, 3.8) is 0 Å². The molecular weight excluding hydrogens is 314 g/mol. The van der Waals surface area contributed by atoms with Crippen molar-refractivity contribution in [1.82, 2.24) is 4.90 Å². The summed E-state index contributed by atoms with van der Waals surface area (Å²) >= 11 is 6.14. The first-order valence-electron chi connectivity index (χ1n) is 7.19. The standard InChI is InChI=1S/C15H21ClF2N2O2/c1-3-10-5-6-12(16)11(4-2)14(10)19-15(22)20(7-8-21)9-13(17)18/h5-6,13,21H,3-4,7-9H2,1-2H3,(H,19,22). The SMILES string of the molecule is CCc1ccc(Cl)c(CC)c1NC(=O)N(CCO)CC(F)F. The van der Waals surface area contributed by atoms with Crippen LogP contribution in [0, 0.1) is 0 Å². The Bertz CT molecular complexity index is 513. The maximum Gasteiger partial charge on any atom is 0.322 e. The molecular formula is C15H21ClF2N2O2. The van der Waals surface area contributed by atoms with Gasteiger partial charge in [-0.2, -0.15) is 0 Å². The lowest BCUT2D eigenvalue weighted by molar-refractivity contribution is 0.0943. The highest BCUT2D eigenvalue weighted by molar-refractivity contribution is 6.31. The van der Waals surface area contributed by atoms with Crippen molar-refractivity contribution >= 4 is 23.3 Å². The van der Waals surface area contributed by atoms with Crippen molar-refractivity contribution in [2.45, 2.75) is 33.1 Å². The van der Waals surface area contributed by atoms with Crippen molar-refractivity contribution in [2.75, 3.05) is 25.0 Å². The van der Waals surface area contributed by atoms with Crippen LogP contribution in [0.4, 0.5) is 19.3 Å². The highest BCUT2D eigenvalue weighted by Gasteiger charge is 2.20. The summed E-state index contributed by atoms with van der Waals surface area (Å²) in [7, 11) is 0. The van der Waals surface area contributed by atoms with E-state index in [-0.39, 0.29) is 13.2 Å². The van der Waals surface area contributed by atoms with Crippen molar-refractivity contribution in [2.24, 2.45) is 0 Å². The van der Waals surface area contributed by atoms with Crippen molar-refractivity contribution in [3.05, 3.63) is 28.3 Å². The second kappa shape index (κ2) is 8.90. The number of carbonyl (C=O) groups excluding carboxylic acids is 1. The topological polar surface area (TPSA) is 52.6 Å². The van der Waals surface area contributed by atoms with Crippen LogP contribution in [-0.4, -0.2) is 42.2 Å². The predicted octanol–water partition coefficient (Wildman–Crippen LogP) is 3.56. The van der Waals surface area contributed by atoms with Crippen LogP contribution in [0.1, 0.15) is 25.0 Å². The minimum Gasteiger partial charge on any atom is -0.395 e. The van der Waals surface area contributed by atoms with Gasteiger partial charge in [-0.05, 0) is 30.0 Å². The van der Waals surface area contributed by atoms with Crippen LogP contribution in [0.15, 0.2) is 12.1 Å². The minimum absolute atomic E-state index is 0.153. The number of nitrogens with zero attached hydrogens (tertiary/aromatic N) is 1. The van der Waals surface area contributed by atoms with Crippen LogP contribution in [-0.2, 0) is 12.8 Å². The van der Waals surface area contributed by atoms with Crippen LogP contribution in [0.2, 0.25) is 5.02 Å². The molecule has 0 atom stereocenters. The average molecular weight is 335 g/mol. The summed E-state index contributed by atoms with van der Waals surface area (Å²) in [4.78, 5) is 13.1. The maximum atomic E-state index is 12.5. The fourth-order valence-electron chi connectivity index (χ4n) is 2.22. The molecule has 0 saturated carbocycles. The van der Waals surface area contributed by atoms with Crippen LogP contribution >= 0.6 is 11.6 Å². The van der Waals surface area contributed by atoms with E-state index in [1.54, 1.807) is 12.1 Å². The van der Waals surface area contributed by atoms with Crippen LogP contribution in [0.5, 0.6) is 0 Å². The number of anilines is 1. The Morgan fingerprint density at radius 3 is 2.55 bits per heavy atom. The lowest BCUT2D eigenvalue weighted by Gasteiger charge is -2.24. The Hall–Kier alpha value is -1.40. The van der Waals surface area contributed by atoms with Gasteiger partial charge in [0.2, 0.25) is 0 Å². The molecule has 0 unspecified atom stereocenters. The quantitative estimate of drug-likeness (QED) is 0.801. The Labute approximate surface area is 134 Å². The number of urea groups is 1. The van der Waals surface area contributed by atoms with Crippen LogP contribution in [0.3, 0.4) is 0 Å². The smallest absolute Gasteiger partial charge is 0.322 e. The Kier molecular flexibility index (Phi) is 7.55. The molecule has 1 aromatic carbocycles. The number of hydrogen-bond donors (Lipinski definition) is 2. The van der Waals surface area contributed by atoms with Crippen molar-refractivity contribution < 1.29 is 18.7 Å². The summed E-state index contributed by atoms with van der Waals surface area (Å²) in [6.45, 7) is 2.58. The number of amides is 2. The van der Waals surface area contributed by atoms with E-state index in [4.69, 9.17) is 16.7 Å². The number of rotatable bonds is 7. The van der Waals surface area contributed by atoms with E-state index in [1.165, 1.54) is 0 Å². The number of aliphatic hydroxyl groups excluding tert-OH is 1. The van der Waals surface area contributed by atoms with Gasteiger partial charge >= 0.3 is 6.03 Å². The van der Waals surface area contributed by atoms with Gasteiger partial charge in [0.15, 0.2) is 0 Å². The van der Waals surface area contributed by atoms with Gasteiger partial charge in [0.05, 0.1) is 18.8 Å². The zero-order chi connectivity index (χ0) is 16.7. The van der Waals surface area contributed by atoms with E-state index in [0.717, 1.165) is 16.0 Å². The number of aliphatic hydroxyl groups is 1. The summed E-state index contributed by atoms with van der Waals surface area (Å²) < 4.78 is 25.1. The van der Waals surface area contributed by atoms with Crippen LogP contribution in [0.25, 0.3) is 0 Å². The second-order valence-electron chi connectivity index (χ2n) is 4.76. The molecule has 22 heavy (non-hydrogen) atoms. The van der Waals surface area contributed by atoms with Gasteiger partial charge in [0.25, 0.3) is 6.43 Å². The molecule has 0 radical (unpaired) electrons. The Balaban J connectivity index is 3.05. The van der Waals surface area contributed by atoms with Gasteiger partial charge < -0.3 is 15.3 Å². The van der Waals surface area contributed by atoms with Gasteiger partial charge in [-0.1, -0.05) is 31.5 Å². The fourth-order valence-corrected chi connectivity index (χ4v) is 2.51. The van der Waals surface area contributed by atoms with E-state index in [2.05, 4.69) is 5.32 Å². The summed E-state index contributed by atoms with van der Waals surface area (Å²) in [5.74, 6) is 0. The van der Waals surface area contributed by atoms with Crippen LogP contribution < -0.4 is 5.32 Å². The summed E-state index contributed by atoms with van der Waals surface area (Å²) in [5, 5.41) is 12.1. The highest BCUT2D eigenvalue weighted by Crippen LogP contribution is 2.29. The molecule has 1 rings (SSSR count). The first-order valence-corrected chi connectivity index (χ1v) is 7.57. The largest absolute Gasteiger partial charge is 0.395 e. The van der Waals surface area contributed by atoms with Gasteiger partial charge in [-0.3, -0.25) is 0 Å². The molecule has 2 N–H and O–H groups in total. The second-order valence-corrected chi connectivity index (χ2v) is 5.17. The predicted molar refractivity (Wildman–Crippen MR) is 83.9 cm³/mol. The van der Waals surface area contributed by atoms with Crippen molar-refractivity contribution in [3.8, 4) is 0 Å². The van der Waals surface area contributed by atoms with E-state index in [9.17, 15) is 13.6 Å². The van der Waals surface area contributed by atoms with E-state index in [0.29, 0.717) is 23.6 Å². The maximum absolute atomic E-state index is 12.5. The van der Waals surface area contributed by atoms with Crippen molar-refractivity contribution in [1.29, 1.82) is 0 Å². The number of carbonyl (C=O) groups is 1. The molecule has 0 bridgehead atoms. The summed E-state index contributed by atoms with van der Waals surface area (Å²) in [5.41, 5.74) is 2.23. The lowest BCUT2D eigenvalue weighted by atomic mass is 10.0. The number of alkyl halides is 2. The Morgan fingerprint density at radius 1 is 1.36 bits per heavy atom. The Morgan fingerprint density at radius 2 is 2.05 bits per heavy atom. The third-order valence-electron chi connectivity index (χ3n) is 3.32. The first-order chi connectivity index (χ1) is 10.4. The molecule has 0 aliphatic rings. The number of nitrogens with one attached hydrogen (secondary N) is 1. The zero-order valence-electron chi connectivity index (χ0n) is 12.7. The van der Waals surface area contributed by atoms with Gasteiger partial charge in [-0.15, -0.1) is 0 Å². The number of hydrogen-bond acceptors (Lipinski definition) is 2. The molecule has 0 fully saturated rings.